The molecule has 3 aromatic rings. The van der Waals surface area contributed by atoms with Crippen molar-refractivity contribution in [3.63, 3.8) is 0 Å². The highest BCUT2D eigenvalue weighted by molar-refractivity contribution is 5.69. The van der Waals surface area contributed by atoms with Crippen LogP contribution >= 0.6 is 0 Å². The first-order valence-corrected chi connectivity index (χ1v) is 9.27. The molecule has 0 spiro atoms. The van der Waals surface area contributed by atoms with Gasteiger partial charge in [0.2, 0.25) is 0 Å². The summed E-state index contributed by atoms with van der Waals surface area (Å²) in [4.78, 5) is 6.48. The summed E-state index contributed by atoms with van der Waals surface area (Å²) >= 11 is 0. The lowest BCUT2D eigenvalue weighted by Gasteiger charge is -2.20. The normalized spacial score (nSPS) is 14.7. The summed E-state index contributed by atoms with van der Waals surface area (Å²) in [6.45, 7) is 0.694. The van der Waals surface area contributed by atoms with E-state index in [1.165, 1.54) is 12.1 Å². The molecule has 2 heterocycles. The molecule has 0 radical (unpaired) electrons. The third-order valence-corrected chi connectivity index (χ3v) is 5.13. The predicted octanol–water partition coefficient (Wildman–Crippen LogP) is 4.34. The molecule has 0 bridgehead atoms. The molecule has 2 aromatic carbocycles. The fraction of sp³-hybridized carbons (Fsp3) is 0.227. The third-order valence-electron chi connectivity index (χ3n) is 5.13. The molecule has 1 aliphatic rings. The second kappa shape index (κ2) is 7.50. The van der Waals surface area contributed by atoms with E-state index in [1.54, 1.807) is 18.3 Å². The van der Waals surface area contributed by atoms with Crippen LogP contribution in [-0.2, 0) is 19.0 Å². The third kappa shape index (κ3) is 3.97. The van der Waals surface area contributed by atoms with Gasteiger partial charge < -0.3 is 15.7 Å². The summed E-state index contributed by atoms with van der Waals surface area (Å²) in [7, 11) is 0. The maximum absolute atomic E-state index is 13.0. The molecule has 0 saturated carbocycles. The van der Waals surface area contributed by atoms with Crippen LogP contribution in [0.4, 0.5) is 24.7 Å². The molecule has 150 valence electrons. The number of nitrogens with two attached hydrogens (primary N) is 1. The van der Waals surface area contributed by atoms with Gasteiger partial charge in [0.1, 0.15) is 12.0 Å². The maximum atomic E-state index is 13.0. The Hall–Kier alpha value is -2.90. The van der Waals surface area contributed by atoms with Crippen molar-refractivity contribution in [2.45, 2.75) is 25.2 Å². The van der Waals surface area contributed by atoms with Crippen LogP contribution < -0.4 is 10.6 Å². The van der Waals surface area contributed by atoms with E-state index in [1.807, 2.05) is 29.2 Å². The highest BCUT2D eigenvalue weighted by atomic mass is 19.4. The predicted molar refractivity (Wildman–Crippen MR) is 105 cm³/mol. The molecule has 1 aliphatic heterocycles. The molecule has 4 rings (SSSR count). The average Bonchev–Trinajstić information content (AvgIpc) is 3.12. The summed E-state index contributed by atoms with van der Waals surface area (Å²) in [5.74, 6) is 0.719. The van der Waals surface area contributed by atoms with Crippen molar-refractivity contribution in [3.8, 4) is 0 Å². The monoisotopic (exact) mass is 399 g/mol. The van der Waals surface area contributed by atoms with E-state index in [4.69, 9.17) is 5.73 Å². The fourth-order valence-electron chi connectivity index (χ4n) is 3.79. The number of aliphatic hydroxyl groups excluding tert-OH is 1. The Morgan fingerprint density at radius 2 is 1.83 bits per heavy atom. The molecule has 0 saturated heterocycles. The zero-order valence-corrected chi connectivity index (χ0v) is 15.5. The van der Waals surface area contributed by atoms with E-state index in [0.717, 1.165) is 35.1 Å². The Morgan fingerprint density at radius 3 is 2.59 bits per heavy atom. The molecule has 1 atom stereocenters. The van der Waals surface area contributed by atoms with Gasteiger partial charge in [-0.2, -0.15) is 13.2 Å². The summed E-state index contributed by atoms with van der Waals surface area (Å²) in [5.41, 5.74) is 9.11. The van der Waals surface area contributed by atoms with Crippen LogP contribution in [0.25, 0.3) is 0 Å². The number of alkyl halides is 3. The van der Waals surface area contributed by atoms with Crippen LogP contribution in [0.3, 0.4) is 0 Å². The number of nitrogens with zero attached hydrogens (tertiary/aromatic N) is 2. The Balaban J connectivity index is 1.61. The van der Waals surface area contributed by atoms with Crippen molar-refractivity contribution in [2.24, 2.45) is 5.73 Å². The Labute approximate surface area is 166 Å². The number of hydrogen-bond acceptors (Lipinski definition) is 4. The van der Waals surface area contributed by atoms with E-state index in [9.17, 15) is 18.3 Å². The number of halogens is 3. The van der Waals surface area contributed by atoms with Crippen LogP contribution in [0.15, 0.2) is 60.8 Å². The number of rotatable bonds is 4. The Morgan fingerprint density at radius 1 is 1.07 bits per heavy atom. The van der Waals surface area contributed by atoms with Crippen molar-refractivity contribution >= 4 is 11.5 Å². The van der Waals surface area contributed by atoms with Crippen molar-refractivity contribution in [1.82, 2.24) is 4.98 Å². The van der Waals surface area contributed by atoms with E-state index < -0.39 is 18.0 Å². The number of fused-ring (bicyclic) bond motifs is 1. The lowest BCUT2D eigenvalue weighted by Crippen LogP contribution is -2.15. The molecule has 1 unspecified atom stereocenters. The Kier molecular flexibility index (Phi) is 5.02. The zero-order valence-electron chi connectivity index (χ0n) is 15.5. The molecule has 29 heavy (non-hydrogen) atoms. The number of pyridine rings is 1. The van der Waals surface area contributed by atoms with E-state index >= 15 is 0 Å². The molecule has 3 N–H and O–H groups in total. The first-order chi connectivity index (χ1) is 13.8. The SMILES string of the molecule is NC(O)c1cccc2c1CCN2c1cc(Cc2cccc(C(F)(F)F)c2)ccn1. The van der Waals surface area contributed by atoms with Gasteiger partial charge in [-0.25, -0.2) is 4.98 Å². The van der Waals surface area contributed by atoms with Crippen LogP contribution in [0, 0.1) is 0 Å². The van der Waals surface area contributed by atoms with E-state index in [-0.39, 0.29) is 0 Å². The quantitative estimate of drug-likeness (QED) is 0.641. The minimum Gasteiger partial charge on any atom is -0.375 e. The second-order valence-electron chi connectivity index (χ2n) is 7.09. The number of benzene rings is 2. The second-order valence-corrected chi connectivity index (χ2v) is 7.09. The molecular weight excluding hydrogens is 379 g/mol. The molecule has 4 nitrogen and oxygen atoms in total. The maximum Gasteiger partial charge on any atom is 0.416 e. The summed E-state index contributed by atoms with van der Waals surface area (Å²) in [6.07, 6.45) is -2.62. The fourth-order valence-corrected chi connectivity index (χ4v) is 3.79. The molecule has 0 aliphatic carbocycles. The van der Waals surface area contributed by atoms with Gasteiger partial charge in [-0.1, -0.05) is 30.3 Å². The van der Waals surface area contributed by atoms with Crippen LogP contribution in [0.2, 0.25) is 0 Å². The average molecular weight is 399 g/mol. The largest absolute Gasteiger partial charge is 0.416 e. The van der Waals surface area contributed by atoms with Crippen LogP contribution in [0.5, 0.6) is 0 Å². The number of aliphatic hydroxyl groups is 1. The van der Waals surface area contributed by atoms with Gasteiger partial charge in [0.05, 0.1) is 5.56 Å². The highest BCUT2D eigenvalue weighted by Crippen LogP contribution is 2.37. The number of aromatic nitrogens is 1. The van der Waals surface area contributed by atoms with Gasteiger partial charge in [0, 0.05) is 24.0 Å². The van der Waals surface area contributed by atoms with E-state index in [0.29, 0.717) is 24.1 Å². The summed E-state index contributed by atoms with van der Waals surface area (Å²) in [6, 6.07) is 14.7. The summed E-state index contributed by atoms with van der Waals surface area (Å²) < 4.78 is 38.9. The van der Waals surface area contributed by atoms with E-state index in [2.05, 4.69) is 4.98 Å². The molecule has 7 heteroatoms. The highest BCUT2D eigenvalue weighted by Gasteiger charge is 2.30. The van der Waals surface area contributed by atoms with Crippen molar-refractivity contribution in [2.75, 3.05) is 11.4 Å². The van der Waals surface area contributed by atoms with Gasteiger partial charge >= 0.3 is 6.18 Å². The minimum atomic E-state index is -4.36. The lowest BCUT2D eigenvalue weighted by atomic mass is 10.0. The number of anilines is 2. The number of hydrogen-bond donors (Lipinski definition) is 2. The van der Waals surface area contributed by atoms with Gasteiger partial charge in [0.15, 0.2) is 0 Å². The minimum absolute atomic E-state index is 0.377. The standard InChI is InChI=1S/C22H20F3N3O/c23-22(24,25)16-4-1-3-14(12-16)11-15-7-9-27-20(13-15)28-10-8-17-18(21(26)29)5-2-6-19(17)28/h1-7,9,12-13,21,29H,8,10-11,26H2. The van der Waals surface area contributed by atoms with Gasteiger partial charge in [-0.15, -0.1) is 0 Å². The van der Waals surface area contributed by atoms with Crippen LogP contribution in [-0.4, -0.2) is 16.6 Å². The van der Waals surface area contributed by atoms with Gasteiger partial charge in [0.25, 0.3) is 0 Å². The summed E-state index contributed by atoms with van der Waals surface area (Å²) in [5, 5.41) is 9.80. The molecular formula is C22H20F3N3O. The van der Waals surface area contributed by atoms with Crippen molar-refractivity contribution in [3.05, 3.63) is 88.6 Å². The first kappa shape index (κ1) is 19.4. The van der Waals surface area contributed by atoms with Gasteiger partial charge in [-0.3, -0.25) is 0 Å². The molecule has 0 fully saturated rings. The first-order valence-electron chi connectivity index (χ1n) is 9.27. The zero-order chi connectivity index (χ0) is 20.6. The lowest BCUT2D eigenvalue weighted by molar-refractivity contribution is -0.137. The topological polar surface area (TPSA) is 62.4 Å². The Bertz CT molecular complexity index is 1030. The molecule has 1 aromatic heterocycles. The van der Waals surface area contributed by atoms with Gasteiger partial charge in [-0.05, 0) is 53.8 Å². The smallest absolute Gasteiger partial charge is 0.375 e. The van der Waals surface area contributed by atoms with Crippen LogP contribution in [0.1, 0.15) is 34.0 Å². The van der Waals surface area contributed by atoms with Crippen molar-refractivity contribution < 1.29 is 18.3 Å². The molecule has 0 amide bonds. The van der Waals surface area contributed by atoms with Crippen molar-refractivity contribution in [1.29, 1.82) is 0 Å².